The van der Waals surface area contributed by atoms with Crippen LogP contribution in [-0.4, -0.2) is 29.8 Å². The van der Waals surface area contributed by atoms with Crippen LogP contribution in [0.4, 0.5) is 0 Å². The molecule has 0 saturated heterocycles. The van der Waals surface area contributed by atoms with E-state index >= 15 is 0 Å². The predicted molar refractivity (Wildman–Crippen MR) is 80.1 cm³/mol. The van der Waals surface area contributed by atoms with E-state index in [4.69, 9.17) is 0 Å². The standard InChI is InChI=1S/C16H22N2O2/c1-4-10-18(14(3)19)11-9-16(20)17-12-15-7-5-13(2)6-8-15/h4-8H,1,9-12H2,2-3H3,(H,17,20). The predicted octanol–water partition coefficient (Wildman–Crippen LogP) is 2.04. The molecule has 4 nitrogen and oxygen atoms in total. The molecule has 0 bridgehead atoms. The first kappa shape index (κ1) is 16.0. The summed E-state index contributed by atoms with van der Waals surface area (Å²) in [5.74, 6) is -0.0999. The summed E-state index contributed by atoms with van der Waals surface area (Å²) in [6.07, 6.45) is 1.96. The van der Waals surface area contributed by atoms with E-state index < -0.39 is 0 Å². The van der Waals surface area contributed by atoms with Crippen molar-refractivity contribution in [2.45, 2.75) is 26.8 Å². The minimum Gasteiger partial charge on any atom is -0.352 e. The van der Waals surface area contributed by atoms with Crippen molar-refractivity contribution in [3.05, 3.63) is 48.0 Å². The molecule has 0 aliphatic carbocycles. The second kappa shape index (κ2) is 8.15. The Balaban J connectivity index is 2.34. The molecule has 1 rings (SSSR count). The van der Waals surface area contributed by atoms with Crippen LogP contribution >= 0.6 is 0 Å². The van der Waals surface area contributed by atoms with Crippen molar-refractivity contribution in [1.82, 2.24) is 10.2 Å². The van der Waals surface area contributed by atoms with E-state index in [1.165, 1.54) is 12.5 Å². The van der Waals surface area contributed by atoms with Gasteiger partial charge in [-0.1, -0.05) is 35.9 Å². The molecule has 108 valence electrons. The summed E-state index contributed by atoms with van der Waals surface area (Å²) in [5.41, 5.74) is 2.26. The van der Waals surface area contributed by atoms with Gasteiger partial charge in [-0.2, -0.15) is 0 Å². The summed E-state index contributed by atoms with van der Waals surface area (Å²) in [6.45, 7) is 8.52. The number of nitrogens with zero attached hydrogens (tertiary/aromatic N) is 1. The van der Waals surface area contributed by atoms with Gasteiger partial charge in [-0.05, 0) is 12.5 Å². The number of carbonyl (C=O) groups excluding carboxylic acids is 2. The average Bonchev–Trinajstić information content (AvgIpc) is 2.42. The monoisotopic (exact) mass is 274 g/mol. The van der Waals surface area contributed by atoms with E-state index in [1.54, 1.807) is 11.0 Å². The Labute approximate surface area is 120 Å². The molecule has 0 heterocycles. The maximum absolute atomic E-state index is 11.7. The number of rotatable bonds is 7. The summed E-state index contributed by atoms with van der Waals surface area (Å²) < 4.78 is 0. The molecule has 0 aromatic heterocycles. The third-order valence-corrected chi connectivity index (χ3v) is 3.01. The summed E-state index contributed by atoms with van der Waals surface area (Å²) >= 11 is 0. The van der Waals surface area contributed by atoms with Crippen LogP contribution in [0.25, 0.3) is 0 Å². The summed E-state index contributed by atoms with van der Waals surface area (Å²) in [5, 5.41) is 2.85. The lowest BCUT2D eigenvalue weighted by Gasteiger charge is -2.18. The van der Waals surface area contributed by atoms with Gasteiger partial charge in [0.25, 0.3) is 0 Å². The first-order chi connectivity index (χ1) is 9.52. The Morgan fingerprint density at radius 2 is 1.95 bits per heavy atom. The zero-order valence-corrected chi connectivity index (χ0v) is 12.2. The summed E-state index contributed by atoms with van der Waals surface area (Å²) in [4.78, 5) is 24.6. The van der Waals surface area contributed by atoms with Crippen LogP contribution in [0.3, 0.4) is 0 Å². The van der Waals surface area contributed by atoms with E-state index in [9.17, 15) is 9.59 Å². The van der Waals surface area contributed by atoms with Crippen molar-refractivity contribution in [3.8, 4) is 0 Å². The topological polar surface area (TPSA) is 49.4 Å². The van der Waals surface area contributed by atoms with Crippen molar-refractivity contribution in [3.63, 3.8) is 0 Å². The minimum atomic E-state index is -0.0547. The molecule has 0 atom stereocenters. The van der Waals surface area contributed by atoms with Gasteiger partial charge in [0.1, 0.15) is 0 Å². The van der Waals surface area contributed by atoms with E-state index in [0.29, 0.717) is 26.1 Å². The molecule has 1 N–H and O–H groups in total. The molecule has 0 fully saturated rings. The molecule has 1 aromatic carbocycles. The first-order valence-electron chi connectivity index (χ1n) is 6.71. The van der Waals surface area contributed by atoms with Crippen molar-refractivity contribution >= 4 is 11.8 Å². The molecule has 0 saturated carbocycles. The van der Waals surface area contributed by atoms with Crippen LogP contribution in [0.1, 0.15) is 24.5 Å². The highest BCUT2D eigenvalue weighted by atomic mass is 16.2. The quantitative estimate of drug-likeness (QED) is 0.773. The van der Waals surface area contributed by atoms with Crippen LogP contribution in [0.5, 0.6) is 0 Å². The SMILES string of the molecule is C=CCN(CCC(=O)NCc1ccc(C)cc1)C(C)=O. The Bertz CT molecular complexity index is 466. The molecule has 20 heavy (non-hydrogen) atoms. The van der Waals surface area contributed by atoms with Gasteiger partial charge < -0.3 is 10.2 Å². The lowest BCUT2D eigenvalue weighted by molar-refractivity contribution is -0.129. The number of carbonyl (C=O) groups is 2. The van der Waals surface area contributed by atoms with Gasteiger partial charge in [0.2, 0.25) is 11.8 Å². The van der Waals surface area contributed by atoms with Crippen LogP contribution < -0.4 is 5.32 Å². The molecule has 0 radical (unpaired) electrons. The van der Waals surface area contributed by atoms with Crippen molar-refractivity contribution in [1.29, 1.82) is 0 Å². The van der Waals surface area contributed by atoms with Gasteiger partial charge in [0, 0.05) is 33.0 Å². The van der Waals surface area contributed by atoms with Crippen LogP contribution in [0.15, 0.2) is 36.9 Å². The Hall–Kier alpha value is -2.10. The fraction of sp³-hybridized carbons (Fsp3) is 0.375. The average molecular weight is 274 g/mol. The van der Waals surface area contributed by atoms with E-state index in [-0.39, 0.29) is 11.8 Å². The molecule has 0 spiro atoms. The highest BCUT2D eigenvalue weighted by Gasteiger charge is 2.09. The zero-order chi connectivity index (χ0) is 15.0. The second-order valence-electron chi connectivity index (χ2n) is 4.77. The smallest absolute Gasteiger partial charge is 0.222 e. The largest absolute Gasteiger partial charge is 0.352 e. The van der Waals surface area contributed by atoms with Crippen LogP contribution in [0, 0.1) is 6.92 Å². The Kier molecular flexibility index (Phi) is 6.50. The van der Waals surface area contributed by atoms with Crippen molar-refractivity contribution in [2.24, 2.45) is 0 Å². The first-order valence-corrected chi connectivity index (χ1v) is 6.71. The Morgan fingerprint density at radius 3 is 2.50 bits per heavy atom. The van der Waals surface area contributed by atoms with Crippen LogP contribution in [-0.2, 0) is 16.1 Å². The fourth-order valence-corrected chi connectivity index (χ4v) is 1.76. The zero-order valence-electron chi connectivity index (χ0n) is 12.2. The normalized spacial score (nSPS) is 9.90. The molecular weight excluding hydrogens is 252 g/mol. The van der Waals surface area contributed by atoms with Crippen molar-refractivity contribution in [2.75, 3.05) is 13.1 Å². The van der Waals surface area contributed by atoms with E-state index in [0.717, 1.165) is 5.56 Å². The minimum absolute atomic E-state index is 0.0452. The number of amides is 2. The summed E-state index contributed by atoms with van der Waals surface area (Å²) in [6, 6.07) is 8.02. The van der Waals surface area contributed by atoms with Gasteiger partial charge in [-0.15, -0.1) is 6.58 Å². The third kappa shape index (κ3) is 5.69. The van der Waals surface area contributed by atoms with Gasteiger partial charge in [-0.3, -0.25) is 9.59 Å². The van der Waals surface area contributed by atoms with E-state index in [2.05, 4.69) is 11.9 Å². The maximum Gasteiger partial charge on any atom is 0.222 e. The lowest BCUT2D eigenvalue weighted by Crippen LogP contribution is -2.33. The Morgan fingerprint density at radius 1 is 1.30 bits per heavy atom. The molecular formula is C16H22N2O2. The van der Waals surface area contributed by atoms with Gasteiger partial charge >= 0.3 is 0 Å². The van der Waals surface area contributed by atoms with Crippen LogP contribution in [0.2, 0.25) is 0 Å². The van der Waals surface area contributed by atoms with Gasteiger partial charge in [-0.25, -0.2) is 0 Å². The molecule has 4 heteroatoms. The highest BCUT2D eigenvalue weighted by molar-refractivity contribution is 5.78. The fourth-order valence-electron chi connectivity index (χ4n) is 1.76. The van der Waals surface area contributed by atoms with Gasteiger partial charge in [0.15, 0.2) is 0 Å². The maximum atomic E-state index is 11.7. The molecule has 0 unspecified atom stereocenters. The van der Waals surface area contributed by atoms with Gasteiger partial charge in [0.05, 0.1) is 0 Å². The molecule has 1 aromatic rings. The number of benzene rings is 1. The number of hydrogen-bond acceptors (Lipinski definition) is 2. The third-order valence-electron chi connectivity index (χ3n) is 3.01. The molecule has 2 amide bonds. The summed E-state index contributed by atoms with van der Waals surface area (Å²) in [7, 11) is 0. The van der Waals surface area contributed by atoms with Crippen molar-refractivity contribution < 1.29 is 9.59 Å². The highest BCUT2D eigenvalue weighted by Crippen LogP contribution is 2.02. The lowest BCUT2D eigenvalue weighted by atomic mass is 10.1. The number of aryl methyl sites for hydroxylation is 1. The second-order valence-corrected chi connectivity index (χ2v) is 4.77. The molecule has 0 aliphatic heterocycles. The number of hydrogen-bond donors (Lipinski definition) is 1. The van der Waals surface area contributed by atoms with E-state index in [1.807, 2.05) is 31.2 Å². The number of nitrogens with one attached hydrogen (secondary N) is 1. The molecule has 0 aliphatic rings.